The van der Waals surface area contributed by atoms with Gasteiger partial charge in [-0.1, -0.05) is 23.2 Å². The van der Waals surface area contributed by atoms with E-state index < -0.39 is 19.4 Å². The van der Waals surface area contributed by atoms with Crippen LogP contribution in [-0.2, 0) is 19.4 Å². The van der Waals surface area contributed by atoms with Crippen LogP contribution in [0.2, 0.25) is 10.0 Å². The molecule has 4 nitrogen and oxygen atoms in total. The van der Waals surface area contributed by atoms with E-state index in [1.54, 1.807) is 36.4 Å². The van der Waals surface area contributed by atoms with Gasteiger partial charge in [0.15, 0.2) is 0 Å². The lowest BCUT2D eigenvalue weighted by molar-refractivity contribution is 1.42. The van der Waals surface area contributed by atoms with Crippen molar-refractivity contribution in [1.82, 2.24) is 0 Å². The number of hydrogen-bond donors (Lipinski definition) is 4. The number of rotatable bonds is 3. The second kappa shape index (κ2) is 6.13. The Balaban J connectivity index is 2.34. The second-order valence-corrected chi connectivity index (χ2v) is 8.74. The van der Waals surface area contributed by atoms with Crippen LogP contribution in [0.4, 0.5) is 11.4 Å². The van der Waals surface area contributed by atoms with Crippen molar-refractivity contribution < 1.29 is 0 Å². The molecule has 0 bridgehead atoms. The van der Waals surface area contributed by atoms with E-state index in [1.807, 2.05) is 0 Å². The number of halogens is 2. The van der Waals surface area contributed by atoms with Gasteiger partial charge in [-0.3, -0.25) is 9.56 Å². The number of anilines is 2. The number of nitrogen functional groups attached to an aromatic ring is 2. The van der Waals surface area contributed by atoms with E-state index >= 15 is 0 Å². The quantitative estimate of drug-likeness (QED) is 0.493. The standard InChI is InChI=1S/C12H12Cl2N4S2/c13-9-5-7(1-3-11(9)15)19(17)20(18)8-2-4-12(16)10(14)6-8/h1-6,17-18H,15-16H2. The molecule has 20 heavy (non-hydrogen) atoms. The Labute approximate surface area is 131 Å². The van der Waals surface area contributed by atoms with Crippen molar-refractivity contribution >= 4 is 54.0 Å². The number of benzene rings is 2. The summed E-state index contributed by atoms with van der Waals surface area (Å²) in [4.78, 5) is 1.35. The van der Waals surface area contributed by atoms with E-state index in [4.69, 9.17) is 44.2 Å². The third kappa shape index (κ3) is 3.15. The summed E-state index contributed by atoms with van der Waals surface area (Å²) in [5.41, 5.74) is 12.2. The van der Waals surface area contributed by atoms with Gasteiger partial charge in [0.05, 0.1) is 21.4 Å². The Hall–Kier alpha value is -1.08. The van der Waals surface area contributed by atoms with Gasteiger partial charge in [0.2, 0.25) is 0 Å². The highest BCUT2D eigenvalue weighted by atomic mass is 35.5. The molecule has 2 aromatic rings. The predicted molar refractivity (Wildman–Crippen MR) is 88.4 cm³/mol. The first-order chi connectivity index (χ1) is 9.40. The van der Waals surface area contributed by atoms with Gasteiger partial charge < -0.3 is 11.5 Å². The Morgan fingerprint density at radius 2 is 1.10 bits per heavy atom. The number of nitrogens with two attached hydrogens (primary N) is 2. The minimum Gasteiger partial charge on any atom is -0.398 e. The summed E-state index contributed by atoms with van der Waals surface area (Å²) in [5.74, 6) is 0. The predicted octanol–water partition coefficient (Wildman–Crippen LogP) is 4.25. The van der Waals surface area contributed by atoms with Crippen molar-refractivity contribution in [2.45, 2.75) is 9.79 Å². The Kier molecular flexibility index (Phi) is 4.70. The van der Waals surface area contributed by atoms with Gasteiger partial charge in [0.25, 0.3) is 0 Å². The van der Waals surface area contributed by atoms with Crippen LogP contribution in [0, 0.1) is 9.56 Å². The fourth-order valence-electron chi connectivity index (χ4n) is 1.44. The molecule has 0 spiro atoms. The van der Waals surface area contributed by atoms with Crippen molar-refractivity contribution in [2.75, 3.05) is 11.5 Å². The van der Waals surface area contributed by atoms with Crippen LogP contribution in [0.3, 0.4) is 0 Å². The molecule has 0 aliphatic rings. The minimum absolute atomic E-state index is 0.402. The summed E-state index contributed by atoms with van der Waals surface area (Å²) in [7, 11) is -2.12. The average molecular weight is 347 g/mol. The van der Waals surface area contributed by atoms with E-state index in [1.165, 1.54) is 0 Å². The van der Waals surface area contributed by atoms with Crippen molar-refractivity contribution in [1.29, 1.82) is 9.56 Å². The van der Waals surface area contributed by atoms with Gasteiger partial charge in [-0.15, -0.1) is 0 Å². The van der Waals surface area contributed by atoms with E-state index in [0.29, 0.717) is 31.2 Å². The summed E-state index contributed by atoms with van der Waals surface area (Å²) < 4.78 is 16.5. The Morgan fingerprint density at radius 3 is 1.40 bits per heavy atom. The summed E-state index contributed by atoms with van der Waals surface area (Å²) >= 11 is 11.9. The Bertz CT molecular complexity index is 657. The van der Waals surface area contributed by atoms with E-state index in [9.17, 15) is 0 Å². The van der Waals surface area contributed by atoms with Gasteiger partial charge >= 0.3 is 0 Å². The highest BCUT2D eigenvalue weighted by molar-refractivity contribution is 8.61. The molecule has 8 heteroatoms. The molecule has 0 saturated carbocycles. The van der Waals surface area contributed by atoms with Crippen LogP contribution < -0.4 is 11.5 Å². The van der Waals surface area contributed by atoms with Gasteiger partial charge in [-0.25, -0.2) is 0 Å². The zero-order valence-electron chi connectivity index (χ0n) is 10.2. The zero-order chi connectivity index (χ0) is 14.9. The van der Waals surface area contributed by atoms with Crippen LogP contribution in [0.1, 0.15) is 0 Å². The van der Waals surface area contributed by atoms with Crippen molar-refractivity contribution in [3.05, 3.63) is 46.4 Å². The van der Waals surface area contributed by atoms with Gasteiger partial charge in [-0.05, 0) is 36.4 Å². The summed E-state index contributed by atoms with van der Waals surface area (Å²) in [6.45, 7) is 0. The normalized spacial score (nSPS) is 13.9. The average Bonchev–Trinajstić information content (AvgIpc) is 2.43. The molecule has 0 aromatic heterocycles. The maximum Gasteiger partial charge on any atom is 0.0647 e. The van der Waals surface area contributed by atoms with Crippen LogP contribution in [0.25, 0.3) is 0 Å². The topological polar surface area (TPSA) is 99.7 Å². The fourth-order valence-corrected chi connectivity index (χ4v) is 4.92. The first-order valence-electron chi connectivity index (χ1n) is 5.41. The second-order valence-electron chi connectivity index (χ2n) is 3.90. The van der Waals surface area contributed by atoms with E-state index in [0.717, 1.165) is 0 Å². The molecule has 2 atom stereocenters. The van der Waals surface area contributed by atoms with Crippen molar-refractivity contribution in [2.24, 2.45) is 0 Å². The van der Waals surface area contributed by atoms with Crippen LogP contribution in [0.5, 0.6) is 0 Å². The maximum absolute atomic E-state index is 8.23. The molecule has 0 aliphatic carbocycles. The first kappa shape index (κ1) is 15.3. The molecule has 0 radical (unpaired) electrons. The number of nitrogens with one attached hydrogen (secondary N) is 2. The smallest absolute Gasteiger partial charge is 0.0647 e. The molecule has 0 aliphatic heterocycles. The molecule has 6 N–H and O–H groups in total. The molecule has 0 saturated heterocycles. The van der Waals surface area contributed by atoms with Gasteiger partial charge in [0, 0.05) is 29.2 Å². The zero-order valence-corrected chi connectivity index (χ0v) is 13.3. The summed E-state index contributed by atoms with van der Waals surface area (Å²) in [5, 5.41) is 0.805. The molecule has 0 heterocycles. The largest absolute Gasteiger partial charge is 0.398 e. The highest BCUT2D eigenvalue weighted by Gasteiger charge is 2.10. The molecule has 2 unspecified atom stereocenters. The van der Waals surface area contributed by atoms with Crippen LogP contribution in [0.15, 0.2) is 46.2 Å². The van der Waals surface area contributed by atoms with E-state index in [-0.39, 0.29) is 0 Å². The third-order valence-corrected chi connectivity index (χ3v) is 7.05. The number of hydrogen-bond acceptors (Lipinski definition) is 4. The first-order valence-corrected chi connectivity index (χ1v) is 9.14. The summed E-state index contributed by atoms with van der Waals surface area (Å²) in [6.07, 6.45) is 0. The molecule has 2 aromatic carbocycles. The summed E-state index contributed by atoms with van der Waals surface area (Å²) in [6, 6.07) is 10.0. The van der Waals surface area contributed by atoms with Crippen LogP contribution >= 0.6 is 23.2 Å². The lowest BCUT2D eigenvalue weighted by Crippen LogP contribution is -2.00. The molecular formula is C12H12Cl2N4S2. The lowest BCUT2D eigenvalue weighted by atomic mass is 10.3. The van der Waals surface area contributed by atoms with Gasteiger partial charge in [0.1, 0.15) is 0 Å². The van der Waals surface area contributed by atoms with Crippen molar-refractivity contribution in [3.63, 3.8) is 0 Å². The maximum atomic E-state index is 8.23. The van der Waals surface area contributed by atoms with Gasteiger partial charge in [-0.2, -0.15) is 0 Å². The molecule has 0 amide bonds. The van der Waals surface area contributed by atoms with Crippen LogP contribution in [-0.4, -0.2) is 0 Å². The molecule has 0 fully saturated rings. The molecule has 106 valence electrons. The van der Waals surface area contributed by atoms with E-state index in [2.05, 4.69) is 0 Å². The minimum atomic E-state index is -1.06. The molecule has 2 rings (SSSR count). The fraction of sp³-hybridized carbons (Fsp3) is 0. The molecular weight excluding hydrogens is 335 g/mol. The SMILES string of the molecule is N=S(c1ccc(N)c(Cl)c1)S(=N)c1ccc(N)c(Cl)c1. The lowest BCUT2D eigenvalue weighted by Gasteiger charge is -2.11. The van der Waals surface area contributed by atoms with Crippen molar-refractivity contribution in [3.8, 4) is 0 Å². The third-order valence-electron chi connectivity index (χ3n) is 2.54. The highest BCUT2D eigenvalue weighted by Crippen LogP contribution is 2.27. The Morgan fingerprint density at radius 1 is 0.750 bits per heavy atom. The monoisotopic (exact) mass is 346 g/mol.